The molecule has 4 rings (SSSR count). The molecule has 2 N–H and O–H groups in total. The normalized spacial score (nSPS) is 19.5. The predicted molar refractivity (Wildman–Crippen MR) is 105 cm³/mol. The SMILES string of the molecule is N#CC1=C(N)N(c2cccc([N+](=O)[O-])c2)C2=C(C(=O)CCC2)[C@@H]1c1ccsc1. The number of ketones is 1. The van der Waals surface area contributed by atoms with Crippen LogP contribution in [0.25, 0.3) is 0 Å². The second-order valence-electron chi connectivity index (χ2n) is 6.65. The van der Waals surface area contributed by atoms with Crippen LogP contribution in [0.4, 0.5) is 11.4 Å². The Morgan fingerprint density at radius 3 is 2.82 bits per heavy atom. The largest absolute Gasteiger partial charge is 0.384 e. The second-order valence-corrected chi connectivity index (χ2v) is 7.43. The van der Waals surface area contributed by atoms with Crippen molar-refractivity contribution in [2.24, 2.45) is 5.73 Å². The molecule has 0 bridgehead atoms. The highest BCUT2D eigenvalue weighted by atomic mass is 32.1. The lowest BCUT2D eigenvalue weighted by molar-refractivity contribution is -0.384. The van der Waals surface area contributed by atoms with E-state index in [4.69, 9.17) is 5.73 Å². The van der Waals surface area contributed by atoms with Gasteiger partial charge in [-0.25, -0.2) is 0 Å². The fourth-order valence-corrected chi connectivity index (χ4v) is 4.59. The molecule has 1 aromatic carbocycles. The number of carbonyl (C=O) groups is 1. The third-order valence-electron chi connectivity index (χ3n) is 5.09. The van der Waals surface area contributed by atoms with Gasteiger partial charge in [-0.05, 0) is 41.3 Å². The number of thiophene rings is 1. The third kappa shape index (κ3) is 2.77. The molecular formula is C20H16N4O3S. The van der Waals surface area contributed by atoms with Crippen molar-refractivity contribution >= 4 is 28.5 Å². The summed E-state index contributed by atoms with van der Waals surface area (Å²) in [7, 11) is 0. The van der Waals surface area contributed by atoms with Crippen LogP contribution < -0.4 is 10.6 Å². The lowest BCUT2D eigenvalue weighted by Crippen LogP contribution is -2.38. The number of nitriles is 1. The third-order valence-corrected chi connectivity index (χ3v) is 5.79. The first-order valence-electron chi connectivity index (χ1n) is 8.75. The summed E-state index contributed by atoms with van der Waals surface area (Å²) in [6.07, 6.45) is 1.71. The van der Waals surface area contributed by atoms with Crippen LogP contribution in [0.15, 0.2) is 63.8 Å². The number of nitrogens with two attached hydrogens (primary N) is 1. The Labute approximate surface area is 165 Å². The summed E-state index contributed by atoms with van der Waals surface area (Å²) in [6, 6.07) is 10.2. The van der Waals surface area contributed by atoms with Crippen LogP contribution in [-0.2, 0) is 4.79 Å². The number of nitrogens with zero attached hydrogens (tertiary/aromatic N) is 3. The summed E-state index contributed by atoms with van der Waals surface area (Å²) in [4.78, 5) is 25.3. The molecule has 0 radical (unpaired) electrons. The molecule has 28 heavy (non-hydrogen) atoms. The van der Waals surface area contributed by atoms with E-state index < -0.39 is 10.8 Å². The van der Waals surface area contributed by atoms with Crippen LogP contribution in [-0.4, -0.2) is 10.7 Å². The minimum atomic E-state index is -0.492. The molecule has 0 saturated heterocycles. The molecule has 8 heteroatoms. The fraction of sp³-hybridized carbons (Fsp3) is 0.200. The Bertz CT molecular complexity index is 1080. The Kier molecular flexibility index (Phi) is 4.45. The number of benzene rings is 1. The van der Waals surface area contributed by atoms with Crippen molar-refractivity contribution in [3.8, 4) is 6.07 Å². The summed E-state index contributed by atoms with van der Waals surface area (Å²) < 4.78 is 0. The maximum Gasteiger partial charge on any atom is 0.271 e. The average Bonchev–Trinajstić information content (AvgIpc) is 3.21. The molecule has 0 amide bonds. The zero-order valence-corrected chi connectivity index (χ0v) is 15.6. The van der Waals surface area contributed by atoms with Crippen LogP contribution in [0, 0.1) is 21.4 Å². The monoisotopic (exact) mass is 392 g/mol. The Morgan fingerprint density at radius 2 is 2.14 bits per heavy atom. The molecule has 140 valence electrons. The van der Waals surface area contributed by atoms with Crippen LogP contribution >= 0.6 is 11.3 Å². The van der Waals surface area contributed by atoms with E-state index in [2.05, 4.69) is 6.07 Å². The first-order chi connectivity index (χ1) is 13.5. The van der Waals surface area contributed by atoms with Gasteiger partial charge in [-0.15, -0.1) is 0 Å². The molecule has 1 aliphatic carbocycles. The zero-order chi connectivity index (χ0) is 19.8. The lowest BCUT2D eigenvalue weighted by atomic mass is 9.76. The van der Waals surface area contributed by atoms with E-state index in [0.717, 1.165) is 11.3 Å². The first kappa shape index (κ1) is 17.9. The molecule has 1 atom stereocenters. The van der Waals surface area contributed by atoms with Gasteiger partial charge in [0.25, 0.3) is 5.69 Å². The number of hydrogen-bond acceptors (Lipinski definition) is 7. The molecule has 7 nitrogen and oxygen atoms in total. The van der Waals surface area contributed by atoms with E-state index in [1.165, 1.54) is 23.5 Å². The smallest absolute Gasteiger partial charge is 0.271 e. The molecule has 2 aliphatic rings. The Hall–Kier alpha value is -3.44. The van der Waals surface area contributed by atoms with Gasteiger partial charge >= 0.3 is 0 Å². The summed E-state index contributed by atoms with van der Waals surface area (Å²) in [5, 5.41) is 24.9. The first-order valence-corrected chi connectivity index (χ1v) is 9.70. The highest BCUT2D eigenvalue weighted by Crippen LogP contribution is 2.46. The minimum Gasteiger partial charge on any atom is -0.384 e. The Balaban J connectivity index is 1.96. The van der Waals surface area contributed by atoms with E-state index in [1.807, 2.05) is 16.8 Å². The maximum atomic E-state index is 12.9. The number of non-ortho nitro benzene ring substituents is 1. The predicted octanol–water partition coefficient (Wildman–Crippen LogP) is 3.96. The topological polar surface area (TPSA) is 113 Å². The minimum absolute atomic E-state index is 0.00636. The van der Waals surface area contributed by atoms with Gasteiger partial charge in [0, 0.05) is 29.8 Å². The van der Waals surface area contributed by atoms with Gasteiger partial charge in [0.15, 0.2) is 5.78 Å². The molecule has 1 aliphatic heterocycles. The number of rotatable bonds is 3. The molecule has 1 aromatic heterocycles. The van der Waals surface area contributed by atoms with E-state index in [1.54, 1.807) is 17.0 Å². The molecule has 0 fully saturated rings. The second kappa shape index (κ2) is 6.94. The van der Waals surface area contributed by atoms with Crippen molar-refractivity contribution in [3.63, 3.8) is 0 Å². The zero-order valence-electron chi connectivity index (χ0n) is 14.8. The van der Waals surface area contributed by atoms with Gasteiger partial charge in [0.2, 0.25) is 0 Å². The lowest BCUT2D eigenvalue weighted by Gasteiger charge is -2.39. The van der Waals surface area contributed by atoms with Crippen molar-refractivity contribution in [2.45, 2.75) is 25.2 Å². The van der Waals surface area contributed by atoms with E-state index in [9.17, 15) is 20.2 Å². The molecule has 0 saturated carbocycles. The highest BCUT2D eigenvalue weighted by Gasteiger charge is 2.40. The van der Waals surface area contributed by atoms with Crippen LogP contribution in [0.2, 0.25) is 0 Å². The summed E-state index contributed by atoms with van der Waals surface area (Å²) in [5.41, 5.74) is 9.27. The van der Waals surface area contributed by atoms with Gasteiger partial charge in [-0.1, -0.05) is 6.07 Å². The van der Waals surface area contributed by atoms with Crippen LogP contribution in [0.3, 0.4) is 0 Å². The van der Waals surface area contributed by atoms with Crippen molar-refractivity contribution in [2.75, 3.05) is 4.90 Å². The molecule has 2 heterocycles. The van der Waals surface area contributed by atoms with Crippen molar-refractivity contribution in [1.82, 2.24) is 0 Å². The fourth-order valence-electron chi connectivity index (χ4n) is 3.90. The van der Waals surface area contributed by atoms with Gasteiger partial charge in [0.05, 0.1) is 28.2 Å². The maximum absolute atomic E-state index is 12.9. The molecule has 0 unspecified atom stereocenters. The van der Waals surface area contributed by atoms with Gasteiger partial charge in [-0.3, -0.25) is 19.8 Å². The standard InChI is InChI=1S/C20H16N4O3S/c21-10-15-18(12-7-8-28-11-12)19-16(5-2-6-17(19)25)23(20(15)22)13-3-1-4-14(9-13)24(26)27/h1,3-4,7-9,11,18H,2,5-6,22H2/t18-/m1/s1. The van der Waals surface area contributed by atoms with E-state index >= 15 is 0 Å². The van der Waals surface area contributed by atoms with Crippen molar-refractivity contribution in [1.29, 1.82) is 5.26 Å². The number of hydrogen-bond donors (Lipinski definition) is 1. The highest BCUT2D eigenvalue weighted by molar-refractivity contribution is 7.08. The van der Waals surface area contributed by atoms with E-state index in [0.29, 0.717) is 36.1 Å². The molecular weight excluding hydrogens is 376 g/mol. The Morgan fingerprint density at radius 1 is 1.32 bits per heavy atom. The van der Waals surface area contributed by atoms with Gasteiger partial charge < -0.3 is 5.73 Å². The van der Waals surface area contributed by atoms with Crippen LogP contribution in [0.5, 0.6) is 0 Å². The van der Waals surface area contributed by atoms with Gasteiger partial charge in [0.1, 0.15) is 5.82 Å². The number of allylic oxidation sites excluding steroid dienone is 3. The van der Waals surface area contributed by atoms with E-state index in [-0.39, 0.29) is 17.3 Å². The average molecular weight is 392 g/mol. The number of carbonyl (C=O) groups excluding carboxylic acids is 1. The summed E-state index contributed by atoms with van der Waals surface area (Å²) >= 11 is 1.49. The molecule has 2 aromatic rings. The molecule has 0 spiro atoms. The quantitative estimate of drug-likeness (QED) is 0.625. The number of nitro groups is 1. The van der Waals surface area contributed by atoms with Gasteiger partial charge in [-0.2, -0.15) is 16.6 Å². The number of anilines is 1. The number of nitro benzene ring substituents is 1. The van der Waals surface area contributed by atoms with Crippen LogP contribution in [0.1, 0.15) is 30.7 Å². The summed E-state index contributed by atoms with van der Waals surface area (Å²) in [6.45, 7) is 0. The number of Topliss-reactive ketones (excluding diaryl/α,β-unsaturated/α-hetero) is 1. The summed E-state index contributed by atoms with van der Waals surface area (Å²) in [5.74, 6) is -0.283. The van der Waals surface area contributed by atoms with Crippen molar-refractivity contribution < 1.29 is 9.72 Å². The van der Waals surface area contributed by atoms with Crippen molar-refractivity contribution in [3.05, 3.63) is 79.4 Å².